The molecule has 0 aromatic carbocycles. The third-order valence-corrected chi connectivity index (χ3v) is 5.04. The topological polar surface area (TPSA) is 84.2 Å². The van der Waals surface area contributed by atoms with Crippen LogP contribution in [0.5, 0.6) is 0 Å². The molecule has 2 heterocycles. The van der Waals surface area contributed by atoms with E-state index >= 15 is 0 Å². The van der Waals surface area contributed by atoms with Crippen LogP contribution < -0.4 is 5.32 Å². The summed E-state index contributed by atoms with van der Waals surface area (Å²) in [5, 5.41) is 6.85. The van der Waals surface area contributed by atoms with Crippen molar-refractivity contribution in [1.29, 1.82) is 0 Å². The number of aromatic nitrogens is 3. The third kappa shape index (κ3) is 4.59. The van der Waals surface area contributed by atoms with Crippen LogP contribution in [-0.4, -0.2) is 39.1 Å². The Morgan fingerprint density at radius 1 is 1.42 bits per heavy atom. The van der Waals surface area contributed by atoms with Crippen LogP contribution in [-0.2, 0) is 13.0 Å². The quantitative estimate of drug-likeness (QED) is 0.858. The van der Waals surface area contributed by atoms with Crippen molar-refractivity contribution in [1.82, 2.24) is 25.3 Å². The first-order valence-corrected chi connectivity index (χ1v) is 9.27. The summed E-state index contributed by atoms with van der Waals surface area (Å²) in [5.74, 6) is 1.62. The van der Waals surface area contributed by atoms with Gasteiger partial charge in [-0.15, -0.1) is 0 Å². The lowest BCUT2D eigenvalue weighted by Crippen LogP contribution is -2.43. The maximum absolute atomic E-state index is 12.4. The predicted molar refractivity (Wildman–Crippen MR) is 97.6 cm³/mol. The number of hydrogen-bond acceptors (Lipinski definition) is 5. The molecule has 1 N–H and O–H groups in total. The van der Waals surface area contributed by atoms with E-state index in [1.54, 1.807) is 18.1 Å². The lowest BCUT2D eigenvalue weighted by atomic mass is 10.1. The molecule has 0 spiro atoms. The fourth-order valence-electron chi connectivity index (χ4n) is 3.31. The summed E-state index contributed by atoms with van der Waals surface area (Å²) < 4.78 is 5.34. The molecular weight excluding hydrogens is 330 g/mol. The molecule has 1 aliphatic carbocycles. The molecule has 7 nitrogen and oxygen atoms in total. The molecular formula is C19H27N5O2. The molecule has 1 aliphatic rings. The zero-order chi connectivity index (χ0) is 18.5. The van der Waals surface area contributed by atoms with E-state index in [1.807, 2.05) is 26.0 Å². The Morgan fingerprint density at radius 2 is 2.19 bits per heavy atom. The standard InChI is InChI=1S/C19H27N5O2/c1-13-8-9-20-16(10-13)11-14(2)24(3)19(25)21-12-17-22-18(26-23-17)15-6-4-5-7-15/h8-10,14-15H,4-7,11-12H2,1-3H3,(H,21,25)/t14-/m0/s1. The molecule has 140 valence electrons. The van der Waals surface area contributed by atoms with Gasteiger partial charge in [0.25, 0.3) is 0 Å². The maximum Gasteiger partial charge on any atom is 0.317 e. The van der Waals surface area contributed by atoms with Crippen molar-refractivity contribution in [2.24, 2.45) is 0 Å². The zero-order valence-corrected chi connectivity index (χ0v) is 15.7. The number of urea groups is 1. The summed E-state index contributed by atoms with van der Waals surface area (Å²) in [6.45, 7) is 4.32. The van der Waals surface area contributed by atoms with Gasteiger partial charge in [-0.1, -0.05) is 18.0 Å². The largest absolute Gasteiger partial charge is 0.339 e. The van der Waals surface area contributed by atoms with E-state index in [0.29, 0.717) is 24.1 Å². The molecule has 0 unspecified atom stereocenters. The van der Waals surface area contributed by atoms with Crippen LogP contribution in [0.4, 0.5) is 4.79 Å². The minimum absolute atomic E-state index is 0.0311. The molecule has 26 heavy (non-hydrogen) atoms. The minimum Gasteiger partial charge on any atom is -0.339 e. The van der Waals surface area contributed by atoms with Crippen LogP contribution in [0.3, 0.4) is 0 Å². The summed E-state index contributed by atoms with van der Waals surface area (Å²) in [6.07, 6.45) is 7.17. The molecule has 2 aromatic heterocycles. The van der Waals surface area contributed by atoms with Crippen LogP contribution in [0.2, 0.25) is 0 Å². The zero-order valence-electron chi connectivity index (χ0n) is 15.7. The van der Waals surface area contributed by atoms with E-state index in [1.165, 1.54) is 18.4 Å². The van der Waals surface area contributed by atoms with E-state index < -0.39 is 0 Å². The van der Waals surface area contributed by atoms with Gasteiger partial charge in [0.05, 0.1) is 6.54 Å². The molecule has 7 heteroatoms. The van der Waals surface area contributed by atoms with E-state index in [-0.39, 0.29) is 18.6 Å². The number of amides is 2. The van der Waals surface area contributed by atoms with Crippen molar-refractivity contribution < 1.29 is 9.32 Å². The highest BCUT2D eigenvalue weighted by Gasteiger charge is 2.23. The molecule has 3 rings (SSSR count). The van der Waals surface area contributed by atoms with Crippen LogP contribution in [0.25, 0.3) is 0 Å². The molecule has 2 aromatic rings. The first-order chi connectivity index (χ1) is 12.5. The van der Waals surface area contributed by atoms with Gasteiger partial charge in [-0.2, -0.15) is 4.98 Å². The Balaban J connectivity index is 1.49. The number of nitrogens with one attached hydrogen (secondary N) is 1. The summed E-state index contributed by atoms with van der Waals surface area (Å²) in [7, 11) is 1.79. The predicted octanol–water partition coefficient (Wildman–Crippen LogP) is 3.20. The molecule has 2 amide bonds. The summed E-state index contributed by atoms with van der Waals surface area (Å²) in [5.41, 5.74) is 2.15. The van der Waals surface area contributed by atoms with Crippen molar-refractivity contribution >= 4 is 6.03 Å². The summed E-state index contributed by atoms with van der Waals surface area (Å²) >= 11 is 0. The number of likely N-dealkylation sites (N-methyl/N-ethyl adjacent to an activating group) is 1. The number of aryl methyl sites for hydroxylation is 1. The van der Waals surface area contributed by atoms with Crippen molar-refractivity contribution in [2.45, 2.75) is 64.5 Å². The maximum atomic E-state index is 12.4. The van der Waals surface area contributed by atoms with E-state index in [0.717, 1.165) is 18.5 Å². The molecule has 0 aliphatic heterocycles. The summed E-state index contributed by atoms with van der Waals surface area (Å²) in [6, 6.07) is 3.89. The third-order valence-electron chi connectivity index (χ3n) is 5.04. The number of pyridine rings is 1. The first-order valence-electron chi connectivity index (χ1n) is 9.27. The number of rotatable bonds is 6. The van der Waals surface area contributed by atoms with E-state index in [2.05, 4.69) is 20.4 Å². The van der Waals surface area contributed by atoms with Gasteiger partial charge in [0, 0.05) is 37.3 Å². The fraction of sp³-hybridized carbons (Fsp3) is 0.579. The van der Waals surface area contributed by atoms with Gasteiger partial charge in [0.2, 0.25) is 5.89 Å². The second-order valence-corrected chi connectivity index (χ2v) is 7.18. The van der Waals surface area contributed by atoms with Crippen LogP contribution in [0.1, 0.15) is 61.5 Å². The highest BCUT2D eigenvalue weighted by atomic mass is 16.5. The van der Waals surface area contributed by atoms with Gasteiger partial charge in [-0.3, -0.25) is 4.98 Å². The summed E-state index contributed by atoms with van der Waals surface area (Å²) in [4.78, 5) is 22.9. The Kier molecular flexibility index (Phi) is 5.85. The Bertz CT molecular complexity index is 739. The Morgan fingerprint density at radius 3 is 2.92 bits per heavy atom. The number of carbonyl (C=O) groups excluding carboxylic acids is 1. The van der Waals surface area contributed by atoms with E-state index in [4.69, 9.17) is 4.52 Å². The lowest BCUT2D eigenvalue weighted by Gasteiger charge is -2.24. The van der Waals surface area contributed by atoms with Crippen molar-refractivity contribution in [2.75, 3.05) is 7.05 Å². The average Bonchev–Trinajstić information content (AvgIpc) is 3.30. The van der Waals surface area contributed by atoms with Crippen LogP contribution >= 0.6 is 0 Å². The smallest absolute Gasteiger partial charge is 0.317 e. The van der Waals surface area contributed by atoms with Gasteiger partial charge in [0.1, 0.15) is 0 Å². The molecule has 0 radical (unpaired) electrons. The Labute approximate surface area is 154 Å². The van der Waals surface area contributed by atoms with Crippen LogP contribution in [0, 0.1) is 6.92 Å². The van der Waals surface area contributed by atoms with Gasteiger partial charge in [0.15, 0.2) is 5.82 Å². The van der Waals surface area contributed by atoms with Gasteiger partial charge < -0.3 is 14.7 Å². The molecule has 1 atom stereocenters. The van der Waals surface area contributed by atoms with Crippen molar-refractivity contribution in [3.63, 3.8) is 0 Å². The number of hydrogen-bond donors (Lipinski definition) is 1. The van der Waals surface area contributed by atoms with Crippen LogP contribution in [0.15, 0.2) is 22.9 Å². The monoisotopic (exact) mass is 357 g/mol. The van der Waals surface area contributed by atoms with Crippen molar-refractivity contribution in [3.05, 3.63) is 41.3 Å². The van der Waals surface area contributed by atoms with E-state index in [9.17, 15) is 4.79 Å². The molecule has 1 saturated carbocycles. The first kappa shape index (κ1) is 18.4. The van der Waals surface area contributed by atoms with Gasteiger partial charge in [-0.25, -0.2) is 4.79 Å². The highest BCUT2D eigenvalue weighted by Crippen LogP contribution is 2.32. The second kappa shape index (κ2) is 8.29. The van der Waals surface area contributed by atoms with Crippen molar-refractivity contribution in [3.8, 4) is 0 Å². The number of nitrogens with zero attached hydrogens (tertiary/aromatic N) is 4. The average molecular weight is 357 g/mol. The molecule has 0 bridgehead atoms. The molecule has 1 fully saturated rings. The van der Waals surface area contributed by atoms with Gasteiger partial charge >= 0.3 is 6.03 Å². The minimum atomic E-state index is -0.155. The normalized spacial score (nSPS) is 15.8. The lowest BCUT2D eigenvalue weighted by molar-refractivity contribution is 0.192. The second-order valence-electron chi connectivity index (χ2n) is 7.18. The van der Waals surface area contributed by atoms with Gasteiger partial charge in [-0.05, 0) is 44.4 Å². The SMILES string of the molecule is Cc1ccnc(C[C@H](C)N(C)C(=O)NCc2noc(C3CCCC3)n2)c1. The molecule has 0 saturated heterocycles. The number of carbonyl (C=O) groups is 1. The Hall–Kier alpha value is -2.44. The fourth-order valence-corrected chi connectivity index (χ4v) is 3.31. The highest BCUT2D eigenvalue weighted by molar-refractivity contribution is 5.74.